The summed E-state index contributed by atoms with van der Waals surface area (Å²) in [7, 11) is 0. The Balaban J connectivity index is 2.17. The van der Waals surface area contributed by atoms with E-state index in [2.05, 4.69) is 0 Å². The van der Waals surface area contributed by atoms with Crippen molar-refractivity contribution < 1.29 is 29.3 Å². The molecule has 2 N–H and O–H groups in total. The molecular weight excluding hydrogens is 384 g/mol. The molecule has 3 rings (SSSR count). The smallest absolute Gasteiger partial charge is 0.339 e. The Morgan fingerprint density at radius 2 is 1.07 bits per heavy atom. The van der Waals surface area contributed by atoms with Crippen molar-refractivity contribution in [2.75, 3.05) is 6.61 Å². The molecule has 0 spiro atoms. The standard InChI is InChI=1S/C24H20O6/c25-16-20(26)24(21(27)17-10-4-1-5-11-17,22(28)18-12-6-2-7-13-18)30-23(29)19-14-8-3-9-15-19/h1-15,20,25-26H,16H2. The number of aliphatic hydroxyl groups excluding tert-OH is 2. The fourth-order valence-electron chi connectivity index (χ4n) is 3.08. The van der Waals surface area contributed by atoms with E-state index < -0.39 is 35.8 Å². The van der Waals surface area contributed by atoms with Gasteiger partial charge in [-0.2, -0.15) is 0 Å². The van der Waals surface area contributed by atoms with Gasteiger partial charge in [-0.25, -0.2) is 4.79 Å². The zero-order chi connectivity index (χ0) is 21.6. The van der Waals surface area contributed by atoms with Gasteiger partial charge in [0, 0.05) is 11.1 Å². The van der Waals surface area contributed by atoms with Gasteiger partial charge in [0.05, 0.1) is 12.2 Å². The molecule has 6 heteroatoms. The number of aliphatic hydroxyl groups is 2. The minimum Gasteiger partial charge on any atom is -0.436 e. The molecule has 152 valence electrons. The van der Waals surface area contributed by atoms with Crippen LogP contribution in [-0.2, 0) is 4.74 Å². The highest BCUT2D eigenvalue weighted by atomic mass is 16.6. The van der Waals surface area contributed by atoms with Gasteiger partial charge in [0.1, 0.15) is 6.10 Å². The minimum atomic E-state index is -2.66. The van der Waals surface area contributed by atoms with Crippen molar-refractivity contribution >= 4 is 17.5 Å². The van der Waals surface area contributed by atoms with Gasteiger partial charge >= 0.3 is 5.97 Å². The van der Waals surface area contributed by atoms with Crippen LogP contribution in [0.4, 0.5) is 0 Å². The molecule has 0 saturated carbocycles. The lowest BCUT2D eigenvalue weighted by atomic mass is 9.80. The maximum Gasteiger partial charge on any atom is 0.339 e. The van der Waals surface area contributed by atoms with Crippen molar-refractivity contribution in [1.82, 2.24) is 0 Å². The lowest BCUT2D eigenvalue weighted by Gasteiger charge is -2.34. The van der Waals surface area contributed by atoms with Crippen LogP contribution in [0.5, 0.6) is 0 Å². The third kappa shape index (κ3) is 4.05. The molecule has 0 saturated heterocycles. The van der Waals surface area contributed by atoms with Crippen molar-refractivity contribution in [3.8, 4) is 0 Å². The van der Waals surface area contributed by atoms with Gasteiger partial charge in [-0.15, -0.1) is 0 Å². The first-order chi connectivity index (χ1) is 14.5. The first-order valence-electron chi connectivity index (χ1n) is 9.27. The van der Waals surface area contributed by atoms with Crippen LogP contribution in [0.15, 0.2) is 91.0 Å². The van der Waals surface area contributed by atoms with Crippen LogP contribution in [0.2, 0.25) is 0 Å². The van der Waals surface area contributed by atoms with Crippen LogP contribution >= 0.6 is 0 Å². The summed E-state index contributed by atoms with van der Waals surface area (Å²) in [6.07, 6.45) is -1.98. The van der Waals surface area contributed by atoms with Crippen LogP contribution < -0.4 is 0 Å². The molecule has 0 aromatic heterocycles. The van der Waals surface area contributed by atoms with Gasteiger partial charge in [-0.05, 0) is 12.1 Å². The molecule has 1 atom stereocenters. The Hall–Kier alpha value is -3.61. The lowest BCUT2D eigenvalue weighted by molar-refractivity contribution is -0.0666. The van der Waals surface area contributed by atoms with E-state index >= 15 is 0 Å². The van der Waals surface area contributed by atoms with E-state index in [1.165, 1.54) is 36.4 Å². The minimum absolute atomic E-state index is 0.0511. The zero-order valence-corrected chi connectivity index (χ0v) is 16.0. The third-order valence-electron chi connectivity index (χ3n) is 4.65. The van der Waals surface area contributed by atoms with E-state index in [0.29, 0.717) is 0 Å². The number of ketones is 2. The molecule has 3 aromatic carbocycles. The summed E-state index contributed by atoms with van der Waals surface area (Å²) in [5.74, 6) is -2.83. The molecule has 3 aromatic rings. The van der Waals surface area contributed by atoms with Gasteiger partial charge in [0.15, 0.2) is 0 Å². The Morgan fingerprint density at radius 1 is 0.700 bits per heavy atom. The Bertz CT molecular complexity index is 964. The van der Waals surface area contributed by atoms with Crippen molar-refractivity contribution in [3.05, 3.63) is 108 Å². The summed E-state index contributed by atoms with van der Waals surface area (Å²) in [4.78, 5) is 39.8. The number of esters is 1. The monoisotopic (exact) mass is 404 g/mol. The molecule has 1 unspecified atom stereocenters. The number of rotatable bonds is 8. The van der Waals surface area contributed by atoms with Gasteiger partial charge in [-0.1, -0.05) is 78.9 Å². The first kappa shape index (κ1) is 21.1. The molecule has 30 heavy (non-hydrogen) atoms. The summed E-state index contributed by atoms with van der Waals surface area (Å²) >= 11 is 0. The fraction of sp³-hybridized carbons (Fsp3) is 0.125. The summed E-state index contributed by atoms with van der Waals surface area (Å²) in [5.41, 5.74) is -2.47. The molecule has 0 amide bonds. The molecule has 0 heterocycles. The Labute approximate surface area is 173 Å². The van der Waals surface area contributed by atoms with E-state index in [1.807, 2.05) is 0 Å². The molecule has 0 aliphatic rings. The van der Waals surface area contributed by atoms with Gasteiger partial charge < -0.3 is 14.9 Å². The predicted octanol–water partition coefficient (Wildman–Crippen LogP) is 2.70. The highest BCUT2D eigenvalue weighted by Gasteiger charge is 2.55. The number of ether oxygens (including phenoxy) is 1. The fourth-order valence-corrected chi connectivity index (χ4v) is 3.08. The number of carbonyl (C=O) groups excluding carboxylic acids is 3. The predicted molar refractivity (Wildman–Crippen MR) is 109 cm³/mol. The SMILES string of the molecule is O=C(OC(C(=O)c1ccccc1)(C(=O)c1ccccc1)C(O)CO)c1ccccc1. The van der Waals surface area contributed by atoms with Crippen LogP contribution in [-0.4, -0.2) is 46.1 Å². The normalized spacial score (nSPS) is 12.1. The molecule has 0 aliphatic carbocycles. The summed E-state index contributed by atoms with van der Waals surface area (Å²) < 4.78 is 5.46. The largest absolute Gasteiger partial charge is 0.436 e. The van der Waals surface area contributed by atoms with E-state index in [-0.39, 0.29) is 16.7 Å². The van der Waals surface area contributed by atoms with E-state index in [1.54, 1.807) is 54.6 Å². The quantitative estimate of drug-likeness (QED) is 0.340. The molecule has 0 aliphatic heterocycles. The second-order valence-electron chi connectivity index (χ2n) is 6.58. The zero-order valence-electron chi connectivity index (χ0n) is 16.0. The summed E-state index contributed by atoms with van der Waals surface area (Å²) in [6.45, 7) is -0.973. The number of carbonyl (C=O) groups is 3. The van der Waals surface area contributed by atoms with Crippen LogP contribution in [0.3, 0.4) is 0 Å². The first-order valence-corrected chi connectivity index (χ1v) is 9.27. The lowest BCUT2D eigenvalue weighted by Crippen LogP contribution is -2.60. The number of Topliss-reactive ketones (excluding diaryl/α,β-unsaturated/α-hetero) is 2. The second kappa shape index (κ2) is 9.26. The molecule has 0 fully saturated rings. The van der Waals surface area contributed by atoms with Crippen LogP contribution in [0.25, 0.3) is 0 Å². The van der Waals surface area contributed by atoms with E-state index in [9.17, 15) is 24.6 Å². The molecule has 0 radical (unpaired) electrons. The van der Waals surface area contributed by atoms with Crippen LogP contribution in [0.1, 0.15) is 31.1 Å². The Kier molecular flexibility index (Phi) is 6.51. The number of benzene rings is 3. The van der Waals surface area contributed by atoms with E-state index in [0.717, 1.165) is 0 Å². The highest BCUT2D eigenvalue weighted by molar-refractivity contribution is 6.24. The van der Waals surface area contributed by atoms with Crippen molar-refractivity contribution in [2.45, 2.75) is 11.7 Å². The van der Waals surface area contributed by atoms with Crippen molar-refractivity contribution in [1.29, 1.82) is 0 Å². The Morgan fingerprint density at radius 3 is 1.43 bits per heavy atom. The van der Waals surface area contributed by atoms with Crippen LogP contribution in [0, 0.1) is 0 Å². The second-order valence-corrected chi connectivity index (χ2v) is 6.58. The molecule has 6 nitrogen and oxygen atoms in total. The topological polar surface area (TPSA) is 101 Å². The number of hydrogen-bond acceptors (Lipinski definition) is 6. The maximum atomic E-state index is 13.5. The average molecular weight is 404 g/mol. The van der Waals surface area contributed by atoms with E-state index in [4.69, 9.17) is 4.74 Å². The number of hydrogen-bond donors (Lipinski definition) is 2. The van der Waals surface area contributed by atoms with Crippen molar-refractivity contribution in [3.63, 3.8) is 0 Å². The van der Waals surface area contributed by atoms with Gasteiger partial charge in [0.25, 0.3) is 5.60 Å². The van der Waals surface area contributed by atoms with Gasteiger partial charge in [0.2, 0.25) is 11.6 Å². The molecule has 0 bridgehead atoms. The maximum absolute atomic E-state index is 13.5. The third-order valence-corrected chi connectivity index (χ3v) is 4.65. The summed E-state index contributed by atoms with van der Waals surface area (Å²) in [6, 6.07) is 23.2. The highest BCUT2D eigenvalue weighted by Crippen LogP contribution is 2.29. The van der Waals surface area contributed by atoms with Gasteiger partial charge in [-0.3, -0.25) is 9.59 Å². The molecular formula is C24H20O6. The average Bonchev–Trinajstić information content (AvgIpc) is 2.82. The summed E-state index contributed by atoms with van der Waals surface area (Å²) in [5, 5.41) is 20.4. The van der Waals surface area contributed by atoms with Crippen molar-refractivity contribution in [2.24, 2.45) is 0 Å².